The molecule has 2 amide bonds. The number of amides is 2. The van der Waals surface area contributed by atoms with E-state index in [-0.39, 0.29) is 24.1 Å². The van der Waals surface area contributed by atoms with Crippen molar-refractivity contribution in [2.45, 2.75) is 6.92 Å². The number of hydrogen-bond donors (Lipinski definition) is 1. The van der Waals surface area contributed by atoms with Crippen molar-refractivity contribution < 1.29 is 14.0 Å². The summed E-state index contributed by atoms with van der Waals surface area (Å²) in [5.74, 6) is 1.04. The highest BCUT2D eigenvalue weighted by molar-refractivity contribution is 6.01. The number of piperazine rings is 1. The van der Waals surface area contributed by atoms with E-state index in [2.05, 4.69) is 10.2 Å². The van der Waals surface area contributed by atoms with Gasteiger partial charge in [0.2, 0.25) is 5.91 Å². The predicted octanol–water partition coefficient (Wildman–Crippen LogP) is 2.47. The number of para-hydroxylation sites is 1. The van der Waals surface area contributed by atoms with Crippen LogP contribution in [0.5, 0.6) is 0 Å². The van der Waals surface area contributed by atoms with E-state index in [0.717, 1.165) is 11.4 Å². The molecule has 0 atom stereocenters. The molecule has 1 aliphatic heterocycles. The molecule has 1 aliphatic rings. The van der Waals surface area contributed by atoms with Crippen molar-refractivity contribution in [2.24, 2.45) is 0 Å². The third kappa shape index (κ3) is 2.99. The average molecular weight is 350 g/mol. The Labute approximate surface area is 150 Å². The molecule has 3 heterocycles. The van der Waals surface area contributed by atoms with Crippen LogP contribution in [-0.2, 0) is 4.79 Å². The van der Waals surface area contributed by atoms with Gasteiger partial charge in [0.25, 0.3) is 5.91 Å². The molecule has 0 saturated carbocycles. The lowest BCUT2D eigenvalue weighted by Gasteiger charge is -2.34. The Hall–Kier alpha value is -3.35. The summed E-state index contributed by atoms with van der Waals surface area (Å²) in [5, 5.41) is 6.89. The van der Waals surface area contributed by atoms with Gasteiger partial charge in [-0.15, -0.1) is 0 Å². The number of nitrogens with one attached hydrogen (secondary N) is 1. The van der Waals surface area contributed by atoms with Gasteiger partial charge in [0.05, 0.1) is 0 Å². The summed E-state index contributed by atoms with van der Waals surface area (Å²) in [4.78, 5) is 28.4. The Kier molecular flexibility index (Phi) is 4.04. The Morgan fingerprint density at radius 1 is 1.15 bits per heavy atom. The van der Waals surface area contributed by atoms with Crippen molar-refractivity contribution >= 4 is 17.5 Å². The first-order chi connectivity index (χ1) is 12.6. The number of furan rings is 1. The molecule has 1 aromatic carbocycles. The molecule has 0 bridgehead atoms. The van der Waals surface area contributed by atoms with E-state index >= 15 is 0 Å². The number of nitrogens with zero attached hydrogens (tertiary/aromatic N) is 3. The maximum Gasteiger partial charge on any atom is 0.274 e. The van der Waals surface area contributed by atoms with Crippen LogP contribution in [0.25, 0.3) is 11.5 Å². The fourth-order valence-electron chi connectivity index (χ4n) is 3.03. The number of anilines is 1. The largest absolute Gasteiger partial charge is 0.460 e. The van der Waals surface area contributed by atoms with E-state index in [1.54, 1.807) is 11.0 Å². The summed E-state index contributed by atoms with van der Waals surface area (Å²) >= 11 is 0. The van der Waals surface area contributed by atoms with Crippen LogP contribution in [0.4, 0.5) is 5.69 Å². The highest BCUT2D eigenvalue weighted by Gasteiger charge is 2.29. The van der Waals surface area contributed by atoms with Gasteiger partial charge in [-0.25, -0.2) is 0 Å². The number of carbonyl (C=O) groups is 2. The standard InChI is InChI=1S/C19H18N4O3/c1-13-7-8-17(26-13)15-11-16(21-20-15)19(25)22-9-10-23(18(24)12-22)14-5-3-2-4-6-14/h2-8,11H,9-10,12H2,1H3,(H,20,21). The SMILES string of the molecule is Cc1ccc(-c2cc(C(=O)N3CCN(c4ccccc4)C(=O)C3)n[nH]2)o1. The summed E-state index contributed by atoms with van der Waals surface area (Å²) in [7, 11) is 0. The average Bonchev–Trinajstić information content (AvgIpc) is 3.31. The van der Waals surface area contributed by atoms with Crippen molar-refractivity contribution in [1.82, 2.24) is 15.1 Å². The maximum absolute atomic E-state index is 12.7. The normalized spacial score (nSPS) is 14.7. The number of aryl methyl sites for hydroxylation is 1. The lowest BCUT2D eigenvalue weighted by Crippen LogP contribution is -2.52. The number of H-pyrrole nitrogens is 1. The number of carbonyl (C=O) groups excluding carboxylic acids is 2. The van der Waals surface area contributed by atoms with E-state index in [9.17, 15) is 9.59 Å². The van der Waals surface area contributed by atoms with Crippen molar-refractivity contribution in [1.29, 1.82) is 0 Å². The van der Waals surface area contributed by atoms with Crippen LogP contribution in [0.1, 0.15) is 16.2 Å². The third-order valence-electron chi connectivity index (χ3n) is 4.38. The summed E-state index contributed by atoms with van der Waals surface area (Å²) in [6, 6.07) is 14.8. The molecule has 2 aromatic heterocycles. The quantitative estimate of drug-likeness (QED) is 0.787. The van der Waals surface area contributed by atoms with Crippen LogP contribution < -0.4 is 4.90 Å². The van der Waals surface area contributed by atoms with E-state index in [1.165, 1.54) is 4.90 Å². The fraction of sp³-hybridized carbons (Fsp3) is 0.211. The summed E-state index contributed by atoms with van der Waals surface area (Å²) in [5.41, 5.74) is 1.76. The van der Waals surface area contributed by atoms with Gasteiger partial charge >= 0.3 is 0 Å². The molecule has 7 heteroatoms. The molecule has 0 spiro atoms. The molecule has 132 valence electrons. The fourth-order valence-corrected chi connectivity index (χ4v) is 3.03. The smallest absolute Gasteiger partial charge is 0.274 e. The molecule has 4 rings (SSSR count). The molecule has 0 aliphatic carbocycles. The van der Waals surface area contributed by atoms with Crippen molar-refractivity contribution in [2.75, 3.05) is 24.5 Å². The van der Waals surface area contributed by atoms with Gasteiger partial charge in [-0.1, -0.05) is 18.2 Å². The van der Waals surface area contributed by atoms with Gasteiger partial charge in [0, 0.05) is 24.8 Å². The molecule has 26 heavy (non-hydrogen) atoms. The third-order valence-corrected chi connectivity index (χ3v) is 4.38. The van der Waals surface area contributed by atoms with Crippen molar-refractivity contribution in [3.05, 3.63) is 60.0 Å². The second-order valence-electron chi connectivity index (χ2n) is 6.18. The first kappa shape index (κ1) is 16.1. The second kappa shape index (κ2) is 6.51. The van der Waals surface area contributed by atoms with Gasteiger partial charge in [0.15, 0.2) is 11.5 Å². The summed E-state index contributed by atoms with van der Waals surface area (Å²) in [6.07, 6.45) is 0. The Bertz CT molecular complexity index is 945. The van der Waals surface area contributed by atoms with Gasteiger partial charge < -0.3 is 14.2 Å². The molecule has 0 radical (unpaired) electrons. The zero-order chi connectivity index (χ0) is 18.1. The van der Waals surface area contributed by atoms with Crippen LogP contribution in [0, 0.1) is 6.92 Å². The second-order valence-corrected chi connectivity index (χ2v) is 6.18. The Morgan fingerprint density at radius 3 is 2.65 bits per heavy atom. The number of rotatable bonds is 3. The van der Waals surface area contributed by atoms with E-state index in [1.807, 2.05) is 49.4 Å². The Balaban J connectivity index is 1.47. The molecule has 1 N–H and O–H groups in total. The van der Waals surface area contributed by atoms with Crippen LogP contribution >= 0.6 is 0 Å². The van der Waals surface area contributed by atoms with Crippen molar-refractivity contribution in [3.8, 4) is 11.5 Å². The van der Waals surface area contributed by atoms with E-state index in [0.29, 0.717) is 24.5 Å². The lowest BCUT2D eigenvalue weighted by molar-refractivity contribution is -0.120. The van der Waals surface area contributed by atoms with Crippen molar-refractivity contribution in [3.63, 3.8) is 0 Å². The number of hydrogen-bond acceptors (Lipinski definition) is 4. The number of benzene rings is 1. The van der Waals surface area contributed by atoms with E-state index < -0.39 is 0 Å². The monoisotopic (exact) mass is 350 g/mol. The lowest BCUT2D eigenvalue weighted by atomic mass is 10.2. The van der Waals surface area contributed by atoms with Gasteiger partial charge in [-0.05, 0) is 31.2 Å². The number of aromatic amines is 1. The van der Waals surface area contributed by atoms with E-state index in [4.69, 9.17) is 4.42 Å². The Morgan fingerprint density at radius 2 is 1.96 bits per heavy atom. The first-order valence-electron chi connectivity index (χ1n) is 8.39. The molecule has 1 fully saturated rings. The van der Waals surface area contributed by atoms with Crippen LogP contribution in [-0.4, -0.2) is 46.5 Å². The zero-order valence-corrected chi connectivity index (χ0v) is 14.3. The van der Waals surface area contributed by atoms with Gasteiger partial charge in [-0.3, -0.25) is 14.7 Å². The maximum atomic E-state index is 12.7. The summed E-state index contributed by atoms with van der Waals surface area (Å²) < 4.78 is 5.53. The minimum atomic E-state index is -0.267. The molecule has 0 unspecified atom stereocenters. The van der Waals surface area contributed by atoms with Crippen LogP contribution in [0.3, 0.4) is 0 Å². The summed E-state index contributed by atoms with van der Waals surface area (Å²) in [6.45, 7) is 2.81. The highest BCUT2D eigenvalue weighted by atomic mass is 16.3. The van der Waals surface area contributed by atoms with Crippen LogP contribution in [0.2, 0.25) is 0 Å². The zero-order valence-electron chi connectivity index (χ0n) is 14.3. The topological polar surface area (TPSA) is 82.4 Å². The predicted molar refractivity (Wildman–Crippen MR) is 95.7 cm³/mol. The molecule has 3 aromatic rings. The number of aromatic nitrogens is 2. The minimum Gasteiger partial charge on any atom is -0.460 e. The molecular formula is C19H18N4O3. The molecule has 1 saturated heterocycles. The van der Waals surface area contributed by atoms with Crippen LogP contribution in [0.15, 0.2) is 52.9 Å². The van der Waals surface area contributed by atoms with Gasteiger partial charge in [0.1, 0.15) is 18.0 Å². The molecular weight excluding hydrogens is 332 g/mol. The van der Waals surface area contributed by atoms with Gasteiger partial charge in [-0.2, -0.15) is 5.10 Å². The first-order valence-corrected chi connectivity index (χ1v) is 8.39. The minimum absolute atomic E-state index is 0.0375. The highest BCUT2D eigenvalue weighted by Crippen LogP contribution is 2.22. The molecule has 7 nitrogen and oxygen atoms in total.